The number of hydrogen-bond donors (Lipinski definition) is 1. The normalized spacial score (nSPS) is 11.7. The number of nitrogens with zero attached hydrogens (tertiary/aromatic N) is 1. The minimum absolute atomic E-state index is 0.0124. The summed E-state index contributed by atoms with van der Waals surface area (Å²) in [5, 5.41) is 2.86. The molecule has 2 aromatic rings. The van der Waals surface area contributed by atoms with Crippen molar-refractivity contribution in [2.45, 2.75) is 26.6 Å². The Bertz CT molecular complexity index is 603. The van der Waals surface area contributed by atoms with Crippen molar-refractivity contribution in [2.75, 3.05) is 5.32 Å². The van der Waals surface area contributed by atoms with Crippen LogP contribution in [0.1, 0.15) is 22.9 Å². The fourth-order valence-corrected chi connectivity index (χ4v) is 2.12. The van der Waals surface area contributed by atoms with Crippen LogP contribution in [0, 0.1) is 13.8 Å². The van der Waals surface area contributed by atoms with Gasteiger partial charge in [0.15, 0.2) is 0 Å². The Balaban J connectivity index is 2.14. The zero-order valence-electron chi connectivity index (χ0n) is 10.8. The number of hydrogen-bond acceptors (Lipinski definition) is 3. The van der Waals surface area contributed by atoms with E-state index in [1.807, 2.05) is 6.92 Å². The summed E-state index contributed by atoms with van der Waals surface area (Å²) in [5.41, 5.74) is 0.407. The molecule has 0 amide bonds. The van der Waals surface area contributed by atoms with Gasteiger partial charge in [-0.3, -0.25) is 0 Å². The highest BCUT2D eigenvalue weighted by molar-refractivity contribution is 9.10. The van der Waals surface area contributed by atoms with E-state index < -0.39 is 11.7 Å². The van der Waals surface area contributed by atoms with Crippen LogP contribution in [-0.4, -0.2) is 4.98 Å². The number of rotatable bonds is 3. The molecule has 7 heteroatoms. The van der Waals surface area contributed by atoms with Crippen LogP contribution >= 0.6 is 15.9 Å². The molecule has 3 nitrogen and oxygen atoms in total. The molecule has 0 bridgehead atoms. The quantitative estimate of drug-likeness (QED) is 0.874. The van der Waals surface area contributed by atoms with E-state index >= 15 is 0 Å². The summed E-state index contributed by atoms with van der Waals surface area (Å²) >= 11 is 2.90. The second-order valence-corrected chi connectivity index (χ2v) is 5.15. The molecule has 0 fully saturated rings. The SMILES string of the molecule is Cc1nc(CNc2ccc(Br)c(C(F)(F)F)c2)oc1C. The van der Waals surface area contributed by atoms with Crippen LogP contribution < -0.4 is 5.32 Å². The maximum absolute atomic E-state index is 12.8. The second-order valence-electron chi connectivity index (χ2n) is 4.30. The summed E-state index contributed by atoms with van der Waals surface area (Å²) < 4.78 is 43.6. The predicted molar refractivity (Wildman–Crippen MR) is 72.4 cm³/mol. The molecular formula is C13H12BrF3N2O. The Labute approximate surface area is 122 Å². The molecule has 0 aliphatic rings. The summed E-state index contributed by atoms with van der Waals surface area (Å²) in [6.07, 6.45) is -4.40. The Hall–Kier alpha value is -1.50. The molecule has 0 unspecified atom stereocenters. The van der Waals surface area contributed by atoms with Crippen molar-refractivity contribution in [3.05, 3.63) is 45.6 Å². The van der Waals surface area contributed by atoms with E-state index in [1.165, 1.54) is 6.07 Å². The van der Waals surface area contributed by atoms with Crippen molar-refractivity contribution in [3.63, 3.8) is 0 Å². The molecule has 1 aromatic carbocycles. The number of oxazole rings is 1. The number of alkyl halides is 3. The fraction of sp³-hybridized carbons (Fsp3) is 0.308. The maximum Gasteiger partial charge on any atom is 0.417 e. The van der Waals surface area contributed by atoms with Crippen molar-refractivity contribution < 1.29 is 17.6 Å². The smallest absolute Gasteiger partial charge is 0.417 e. The topological polar surface area (TPSA) is 38.1 Å². The number of anilines is 1. The first-order chi connectivity index (χ1) is 9.27. The predicted octanol–water partition coefficient (Wildman–Crippen LogP) is 4.68. The van der Waals surface area contributed by atoms with Gasteiger partial charge in [-0.1, -0.05) is 15.9 Å². The maximum atomic E-state index is 12.8. The Morgan fingerprint density at radius 1 is 1.30 bits per heavy atom. The molecule has 20 heavy (non-hydrogen) atoms. The summed E-state index contributed by atoms with van der Waals surface area (Å²) in [5.74, 6) is 1.14. The number of aryl methyl sites for hydroxylation is 2. The molecule has 0 aliphatic carbocycles. The van der Waals surface area contributed by atoms with Gasteiger partial charge >= 0.3 is 6.18 Å². The van der Waals surface area contributed by atoms with E-state index in [4.69, 9.17) is 4.42 Å². The lowest BCUT2D eigenvalue weighted by Crippen LogP contribution is -2.07. The van der Waals surface area contributed by atoms with E-state index in [0.717, 1.165) is 11.8 Å². The lowest BCUT2D eigenvalue weighted by molar-refractivity contribution is -0.138. The van der Waals surface area contributed by atoms with Crippen molar-refractivity contribution in [2.24, 2.45) is 0 Å². The third-order valence-corrected chi connectivity index (χ3v) is 3.48. The summed E-state index contributed by atoms with van der Waals surface area (Å²) in [7, 11) is 0. The van der Waals surface area contributed by atoms with E-state index in [9.17, 15) is 13.2 Å². The fourth-order valence-electron chi connectivity index (χ4n) is 1.64. The molecule has 0 radical (unpaired) electrons. The average Bonchev–Trinajstić information content (AvgIpc) is 2.66. The Morgan fingerprint density at radius 2 is 2.00 bits per heavy atom. The van der Waals surface area contributed by atoms with Crippen LogP contribution in [0.15, 0.2) is 27.1 Å². The second kappa shape index (κ2) is 5.47. The average molecular weight is 349 g/mol. The van der Waals surface area contributed by atoms with Crippen LogP contribution in [-0.2, 0) is 12.7 Å². The van der Waals surface area contributed by atoms with Gasteiger partial charge in [0.1, 0.15) is 5.76 Å². The van der Waals surface area contributed by atoms with Gasteiger partial charge < -0.3 is 9.73 Å². The van der Waals surface area contributed by atoms with Gasteiger partial charge in [0.25, 0.3) is 0 Å². The first-order valence-electron chi connectivity index (χ1n) is 5.81. The third-order valence-electron chi connectivity index (χ3n) is 2.79. The first-order valence-corrected chi connectivity index (χ1v) is 6.60. The Morgan fingerprint density at radius 3 is 2.55 bits per heavy atom. The van der Waals surface area contributed by atoms with E-state index in [0.29, 0.717) is 17.3 Å². The van der Waals surface area contributed by atoms with Gasteiger partial charge in [0.05, 0.1) is 17.8 Å². The van der Waals surface area contributed by atoms with Gasteiger partial charge in [-0.2, -0.15) is 13.2 Å². The summed E-state index contributed by atoms with van der Waals surface area (Å²) in [6, 6.07) is 3.96. The zero-order valence-corrected chi connectivity index (χ0v) is 12.4. The molecule has 1 heterocycles. The minimum Gasteiger partial charge on any atom is -0.444 e. The third kappa shape index (κ3) is 3.33. The van der Waals surface area contributed by atoms with E-state index in [2.05, 4.69) is 26.2 Å². The number of aromatic nitrogens is 1. The van der Waals surface area contributed by atoms with Crippen molar-refractivity contribution in [3.8, 4) is 0 Å². The summed E-state index contributed by atoms with van der Waals surface area (Å²) in [6.45, 7) is 3.82. The molecule has 0 aliphatic heterocycles. The molecule has 1 N–H and O–H groups in total. The zero-order chi connectivity index (χ0) is 14.9. The summed E-state index contributed by atoms with van der Waals surface area (Å²) in [4.78, 5) is 4.15. The van der Waals surface area contributed by atoms with Gasteiger partial charge in [0, 0.05) is 10.2 Å². The van der Waals surface area contributed by atoms with Crippen molar-refractivity contribution in [1.29, 1.82) is 0 Å². The number of nitrogens with one attached hydrogen (secondary N) is 1. The van der Waals surface area contributed by atoms with Crippen LogP contribution in [0.3, 0.4) is 0 Å². The highest BCUT2D eigenvalue weighted by Gasteiger charge is 2.33. The van der Waals surface area contributed by atoms with E-state index in [-0.39, 0.29) is 11.0 Å². The van der Waals surface area contributed by atoms with Crippen molar-refractivity contribution >= 4 is 21.6 Å². The highest BCUT2D eigenvalue weighted by Crippen LogP contribution is 2.36. The van der Waals surface area contributed by atoms with Crippen LogP contribution in [0.4, 0.5) is 18.9 Å². The first kappa shape index (κ1) is 14.9. The monoisotopic (exact) mass is 348 g/mol. The van der Waals surface area contributed by atoms with Crippen molar-refractivity contribution in [1.82, 2.24) is 4.98 Å². The van der Waals surface area contributed by atoms with Crippen LogP contribution in [0.2, 0.25) is 0 Å². The van der Waals surface area contributed by atoms with Crippen LogP contribution in [0.25, 0.3) is 0 Å². The van der Waals surface area contributed by atoms with Gasteiger partial charge in [0.2, 0.25) is 5.89 Å². The molecule has 0 spiro atoms. The van der Waals surface area contributed by atoms with Crippen LogP contribution in [0.5, 0.6) is 0 Å². The lowest BCUT2D eigenvalue weighted by atomic mass is 10.2. The molecule has 0 atom stereocenters. The molecule has 1 aromatic heterocycles. The highest BCUT2D eigenvalue weighted by atomic mass is 79.9. The lowest BCUT2D eigenvalue weighted by Gasteiger charge is -2.11. The number of halogens is 4. The Kier molecular flexibility index (Phi) is 4.08. The minimum atomic E-state index is -4.40. The molecular weight excluding hydrogens is 337 g/mol. The standard InChI is InChI=1S/C13H12BrF3N2O/c1-7-8(2)20-12(19-7)6-18-9-3-4-11(14)10(5-9)13(15,16)17/h3-5,18H,6H2,1-2H3. The molecule has 2 rings (SSSR count). The van der Waals surface area contributed by atoms with Gasteiger partial charge in [-0.05, 0) is 32.0 Å². The molecule has 108 valence electrons. The van der Waals surface area contributed by atoms with Gasteiger partial charge in [-0.15, -0.1) is 0 Å². The van der Waals surface area contributed by atoms with Gasteiger partial charge in [-0.25, -0.2) is 4.98 Å². The largest absolute Gasteiger partial charge is 0.444 e. The molecule has 0 saturated heterocycles. The van der Waals surface area contributed by atoms with E-state index in [1.54, 1.807) is 13.0 Å². The number of benzene rings is 1. The molecule has 0 saturated carbocycles.